The lowest BCUT2D eigenvalue weighted by atomic mass is 10.1. The van der Waals surface area contributed by atoms with Crippen LogP contribution in [0.4, 0.5) is 0 Å². The Morgan fingerprint density at radius 3 is 2.79 bits per heavy atom. The van der Waals surface area contributed by atoms with Crippen molar-refractivity contribution in [3.63, 3.8) is 0 Å². The standard InChI is InChI=1S/C20H24N6O2.ClH/c1-24-9-8-22-19(24)18-12-21-7-10-26(18)20(27)16-11-23-25(14-16)13-15-3-5-17(28-2)6-4-15;/h3-6,8-9,11,14,18,21H,7,10,12-13H2,1-2H3;1H. The summed E-state index contributed by atoms with van der Waals surface area (Å²) in [7, 11) is 3.60. The van der Waals surface area contributed by atoms with Crippen LogP contribution >= 0.6 is 12.4 Å². The van der Waals surface area contributed by atoms with E-state index in [4.69, 9.17) is 4.74 Å². The van der Waals surface area contributed by atoms with Crippen LogP contribution in [-0.2, 0) is 13.6 Å². The maximum Gasteiger partial charge on any atom is 0.257 e. The molecule has 0 spiro atoms. The third-order valence-corrected chi connectivity index (χ3v) is 5.04. The van der Waals surface area contributed by atoms with Crippen LogP contribution in [0.5, 0.6) is 5.75 Å². The molecule has 3 aromatic rings. The van der Waals surface area contributed by atoms with Crippen molar-refractivity contribution in [2.45, 2.75) is 12.6 Å². The fraction of sp³-hybridized carbons (Fsp3) is 0.350. The zero-order valence-electron chi connectivity index (χ0n) is 16.5. The number of carbonyl (C=O) groups is 1. The minimum Gasteiger partial charge on any atom is -0.497 e. The molecule has 1 aliphatic rings. The number of rotatable bonds is 5. The number of amides is 1. The highest BCUT2D eigenvalue weighted by molar-refractivity contribution is 5.94. The average Bonchev–Trinajstić information content (AvgIpc) is 3.37. The summed E-state index contributed by atoms with van der Waals surface area (Å²) in [5.41, 5.74) is 1.69. The van der Waals surface area contributed by atoms with Crippen molar-refractivity contribution in [1.29, 1.82) is 0 Å². The Kier molecular flexibility index (Phi) is 6.56. The first-order valence-corrected chi connectivity index (χ1v) is 9.30. The van der Waals surface area contributed by atoms with Crippen LogP contribution in [0.25, 0.3) is 0 Å². The molecule has 1 amide bonds. The quantitative estimate of drug-likeness (QED) is 0.687. The molecule has 1 N–H and O–H groups in total. The third-order valence-electron chi connectivity index (χ3n) is 5.04. The Balaban J connectivity index is 0.00000240. The minimum atomic E-state index is -0.0915. The van der Waals surface area contributed by atoms with Gasteiger partial charge in [-0.3, -0.25) is 9.48 Å². The number of carbonyl (C=O) groups excluding carboxylic acids is 1. The van der Waals surface area contributed by atoms with Gasteiger partial charge in [0.05, 0.1) is 25.4 Å². The second-order valence-corrected chi connectivity index (χ2v) is 6.89. The SMILES string of the molecule is COc1ccc(Cn2cc(C(=O)N3CCNCC3c3nccn3C)cn2)cc1.Cl. The Morgan fingerprint density at radius 2 is 2.10 bits per heavy atom. The number of piperazine rings is 1. The maximum absolute atomic E-state index is 13.2. The zero-order chi connectivity index (χ0) is 19.5. The molecular weight excluding hydrogens is 392 g/mol. The van der Waals surface area contributed by atoms with Crippen LogP contribution in [0.1, 0.15) is 27.8 Å². The fourth-order valence-electron chi connectivity index (χ4n) is 3.52. The molecule has 29 heavy (non-hydrogen) atoms. The zero-order valence-corrected chi connectivity index (χ0v) is 17.3. The lowest BCUT2D eigenvalue weighted by Gasteiger charge is -2.35. The molecule has 1 aromatic carbocycles. The molecule has 154 valence electrons. The van der Waals surface area contributed by atoms with Crippen LogP contribution in [0.2, 0.25) is 0 Å². The van der Waals surface area contributed by atoms with Crippen molar-refractivity contribution in [1.82, 2.24) is 29.5 Å². The van der Waals surface area contributed by atoms with E-state index in [1.165, 1.54) is 0 Å². The van der Waals surface area contributed by atoms with E-state index in [1.807, 2.05) is 53.2 Å². The Hall–Kier alpha value is -2.84. The molecule has 2 aromatic heterocycles. The number of benzene rings is 1. The normalized spacial score (nSPS) is 16.3. The Labute approximate surface area is 175 Å². The fourth-order valence-corrected chi connectivity index (χ4v) is 3.52. The number of imidazole rings is 1. The summed E-state index contributed by atoms with van der Waals surface area (Å²) in [4.78, 5) is 19.5. The number of hydrogen-bond donors (Lipinski definition) is 1. The number of ether oxygens (including phenoxy) is 1. The van der Waals surface area contributed by atoms with Crippen LogP contribution < -0.4 is 10.1 Å². The number of hydrogen-bond acceptors (Lipinski definition) is 5. The van der Waals surface area contributed by atoms with Gasteiger partial charge in [0.15, 0.2) is 0 Å². The smallest absolute Gasteiger partial charge is 0.257 e. The highest BCUT2D eigenvalue weighted by Crippen LogP contribution is 2.22. The topological polar surface area (TPSA) is 77.2 Å². The number of aryl methyl sites for hydroxylation is 1. The summed E-state index contributed by atoms with van der Waals surface area (Å²) in [6.07, 6.45) is 7.12. The molecule has 0 aliphatic carbocycles. The van der Waals surface area contributed by atoms with Crippen molar-refractivity contribution in [3.05, 3.63) is 66.0 Å². The molecule has 0 radical (unpaired) electrons. The van der Waals surface area contributed by atoms with Crippen molar-refractivity contribution >= 4 is 18.3 Å². The summed E-state index contributed by atoms with van der Waals surface area (Å²) in [5, 5.41) is 7.73. The molecule has 1 aliphatic heterocycles. The van der Waals surface area contributed by atoms with Crippen molar-refractivity contribution in [3.8, 4) is 5.75 Å². The van der Waals surface area contributed by atoms with E-state index in [2.05, 4.69) is 15.4 Å². The predicted octanol–water partition coefficient (Wildman–Crippen LogP) is 1.88. The van der Waals surface area contributed by atoms with Crippen LogP contribution in [0, 0.1) is 0 Å². The highest BCUT2D eigenvalue weighted by atomic mass is 35.5. The molecule has 1 saturated heterocycles. The largest absolute Gasteiger partial charge is 0.497 e. The van der Waals surface area contributed by atoms with Gasteiger partial charge in [-0.05, 0) is 17.7 Å². The van der Waals surface area contributed by atoms with E-state index in [-0.39, 0.29) is 24.4 Å². The van der Waals surface area contributed by atoms with Gasteiger partial charge in [0.2, 0.25) is 0 Å². The first-order valence-electron chi connectivity index (χ1n) is 9.30. The summed E-state index contributed by atoms with van der Waals surface area (Å²) in [6.45, 7) is 2.70. The lowest BCUT2D eigenvalue weighted by Crippen LogP contribution is -2.49. The molecule has 4 rings (SSSR count). The minimum absolute atomic E-state index is 0. The van der Waals surface area contributed by atoms with Gasteiger partial charge < -0.3 is 19.5 Å². The van der Waals surface area contributed by atoms with Gasteiger partial charge in [-0.1, -0.05) is 12.1 Å². The van der Waals surface area contributed by atoms with E-state index in [0.29, 0.717) is 25.2 Å². The van der Waals surface area contributed by atoms with Crippen molar-refractivity contribution < 1.29 is 9.53 Å². The monoisotopic (exact) mass is 416 g/mol. The summed E-state index contributed by atoms with van der Waals surface area (Å²) >= 11 is 0. The van der Waals surface area contributed by atoms with Gasteiger partial charge in [0.1, 0.15) is 17.6 Å². The van der Waals surface area contributed by atoms with Gasteiger partial charge in [0.25, 0.3) is 5.91 Å². The van der Waals surface area contributed by atoms with E-state index >= 15 is 0 Å². The molecule has 8 nitrogen and oxygen atoms in total. The van der Waals surface area contributed by atoms with Crippen LogP contribution in [-0.4, -0.2) is 56.9 Å². The molecular formula is C20H25ClN6O2. The average molecular weight is 417 g/mol. The van der Waals surface area contributed by atoms with E-state index in [0.717, 1.165) is 23.7 Å². The van der Waals surface area contributed by atoms with Crippen LogP contribution in [0.3, 0.4) is 0 Å². The highest BCUT2D eigenvalue weighted by Gasteiger charge is 2.31. The predicted molar refractivity (Wildman–Crippen MR) is 111 cm³/mol. The van der Waals surface area contributed by atoms with Crippen molar-refractivity contribution in [2.24, 2.45) is 7.05 Å². The second kappa shape index (κ2) is 9.11. The Bertz CT molecular complexity index is 952. The molecule has 3 heterocycles. The Morgan fingerprint density at radius 1 is 1.31 bits per heavy atom. The lowest BCUT2D eigenvalue weighted by molar-refractivity contribution is 0.0621. The van der Waals surface area contributed by atoms with E-state index in [9.17, 15) is 4.79 Å². The molecule has 1 atom stereocenters. The van der Waals surface area contributed by atoms with Gasteiger partial charge in [0, 0.05) is 45.3 Å². The van der Waals surface area contributed by atoms with Crippen molar-refractivity contribution in [2.75, 3.05) is 26.7 Å². The number of nitrogens with one attached hydrogen (secondary N) is 1. The van der Waals surface area contributed by atoms with Gasteiger partial charge in [-0.25, -0.2) is 4.98 Å². The molecule has 0 bridgehead atoms. The summed E-state index contributed by atoms with van der Waals surface area (Å²) in [6, 6.07) is 7.74. The van der Waals surface area contributed by atoms with E-state index in [1.54, 1.807) is 24.2 Å². The maximum atomic E-state index is 13.2. The number of methoxy groups -OCH3 is 1. The van der Waals surface area contributed by atoms with E-state index < -0.39 is 0 Å². The first-order chi connectivity index (χ1) is 13.7. The van der Waals surface area contributed by atoms with Crippen LogP contribution in [0.15, 0.2) is 49.1 Å². The molecule has 0 saturated carbocycles. The second-order valence-electron chi connectivity index (χ2n) is 6.89. The molecule has 9 heteroatoms. The molecule has 1 fully saturated rings. The van der Waals surface area contributed by atoms with Gasteiger partial charge >= 0.3 is 0 Å². The number of aromatic nitrogens is 4. The summed E-state index contributed by atoms with van der Waals surface area (Å²) < 4.78 is 8.93. The number of nitrogens with zero attached hydrogens (tertiary/aromatic N) is 5. The van der Waals surface area contributed by atoms with Gasteiger partial charge in [-0.2, -0.15) is 5.10 Å². The number of halogens is 1. The van der Waals surface area contributed by atoms with Gasteiger partial charge in [-0.15, -0.1) is 12.4 Å². The third kappa shape index (κ3) is 4.44. The molecule has 1 unspecified atom stereocenters. The summed E-state index contributed by atoms with van der Waals surface area (Å²) in [5.74, 6) is 1.68. The first kappa shape index (κ1) is 20.9.